The van der Waals surface area contributed by atoms with E-state index in [1.807, 2.05) is 30.3 Å². The van der Waals surface area contributed by atoms with Crippen molar-refractivity contribution in [2.75, 3.05) is 0 Å². The van der Waals surface area contributed by atoms with Gasteiger partial charge in [0.25, 0.3) is 0 Å². The van der Waals surface area contributed by atoms with Crippen LogP contribution < -0.4 is 5.32 Å². The molecule has 2 rings (SSSR count). The number of furan rings is 1. The number of hydrogen-bond acceptors (Lipinski definition) is 3. The molecule has 2 N–H and O–H groups in total. The zero-order valence-electron chi connectivity index (χ0n) is 9.32. The van der Waals surface area contributed by atoms with Crippen LogP contribution in [0.3, 0.4) is 0 Å². The molecule has 17 heavy (non-hydrogen) atoms. The third-order valence-corrected chi connectivity index (χ3v) is 2.67. The maximum Gasteiger partial charge on any atom is 0.193 e. The quantitative estimate of drug-likeness (QED) is 0.859. The Kier molecular flexibility index (Phi) is 4.20. The molecule has 1 aromatic carbocycles. The average molecular weight is 252 g/mol. The number of hydrogen-bond donors (Lipinski definition) is 2. The molecular weight excluding hydrogens is 238 g/mol. The highest BCUT2D eigenvalue weighted by Gasteiger charge is 1.99. The topological polar surface area (TPSA) is 45.4 Å². The van der Waals surface area contributed by atoms with Crippen molar-refractivity contribution in [3.8, 4) is 0 Å². The molecule has 0 aliphatic heterocycles. The first-order valence-electron chi connectivity index (χ1n) is 5.41. The molecule has 0 saturated heterocycles. The predicted octanol–water partition coefficient (Wildman–Crippen LogP) is 2.72. The first-order valence-corrected chi connectivity index (χ1v) is 5.79. The summed E-state index contributed by atoms with van der Waals surface area (Å²) in [5.41, 5.74) is 2.09. The van der Waals surface area contributed by atoms with Gasteiger partial charge in [0.15, 0.2) is 5.22 Å². The van der Waals surface area contributed by atoms with Crippen LogP contribution in [-0.4, -0.2) is 5.11 Å². The monoisotopic (exact) mass is 251 g/mol. The predicted molar refractivity (Wildman–Crippen MR) is 66.6 cm³/mol. The smallest absolute Gasteiger partial charge is 0.193 e. The summed E-state index contributed by atoms with van der Waals surface area (Å²) < 4.78 is 5.23. The van der Waals surface area contributed by atoms with Crippen LogP contribution in [0.4, 0.5) is 0 Å². The summed E-state index contributed by atoms with van der Waals surface area (Å²) in [4.78, 5) is 0. The van der Waals surface area contributed by atoms with Crippen LogP contribution in [0.15, 0.2) is 40.8 Å². The molecular formula is C13H14ClNO2. The molecule has 1 aromatic heterocycles. The van der Waals surface area contributed by atoms with Crippen LogP contribution in [0.25, 0.3) is 0 Å². The highest BCUT2D eigenvalue weighted by Crippen LogP contribution is 2.12. The Labute approximate surface area is 105 Å². The first-order chi connectivity index (χ1) is 8.28. The lowest BCUT2D eigenvalue weighted by Crippen LogP contribution is -2.12. The van der Waals surface area contributed by atoms with Gasteiger partial charge in [-0.2, -0.15) is 0 Å². The van der Waals surface area contributed by atoms with E-state index in [-0.39, 0.29) is 6.61 Å². The number of aliphatic hydroxyl groups is 1. The van der Waals surface area contributed by atoms with Gasteiger partial charge >= 0.3 is 0 Å². The van der Waals surface area contributed by atoms with Crippen LogP contribution in [0.2, 0.25) is 5.22 Å². The molecule has 1 heterocycles. The number of rotatable bonds is 5. The third-order valence-electron chi connectivity index (χ3n) is 2.46. The van der Waals surface area contributed by atoms with Crippen molar-refractivity contribution in [3.05, 3.63) is 58.5 Å². The first kappa shape index (κ1) is 12.2. The van der Waals surface area contributed by atoms with Crippen LogP contribution in [0.1, 0.15) is 16.9 Å². The Morgan fingerprint density at radius 2 is 1.71 bits per heavy atom. The van der Waals surface area contributed by atoms with E-state index in [2.05, 4.69) is 5.32 Å². The van der Waals surface area contributed by atoms with Gasteiger partial charge in [-0.1, -0.05) is 24.3 Å². The number of halogens is 1. The van der Waals surface area contributed by atoms with E-state index in [1.165, 1.54) is 5.56 Å². The molecule has 2 aromatic rings. The van der Waals surface area contributed by atoms with Crippen molar-refractivity contribution in [1.82, 2.24) is 5.32 Å². The molecule has 0 saturated carbocycles. The number of aliphatic hydroxyl groups excluding tert-OH is 1. The summed E-state index contributed by atoms with van der Waals surface area (Å²) >= 11 is 5.67. The second-order valence-corrected chi connectivity index (χ2v) is 4.16. The summed E-state index contributed by atoms with van der Waals surface area (Å²) in [5.74, 6) is 0.821. The summed E-state index contributed by atoms with van der Waals surface area (Å²) in [5, 5.41) is 12.6. The van der Waals surface area contributed by atoms with Crippen molar-refractivity contribution in [2.45, 2.75) is 19.7 Å². The minimum atomic E-state index is 0.0819. The van der Waals surface area contributed by atoms with Gasteiger partial charge in [-0.05, 0) is 34.9 Å². The van der Waals surface area contributed by atoms with Gasteiger partial charge in [0.1, 0.15) is 5.76 Å². The Morgan fingerprint density at radius 3 is 2.29 bits per heavy atom. The van der Waals surface area contributed by atoms with E-state index in [0.29, 0.717) is 11.8 Å². The van der Waals surface area contributed by atoms with Crippen molar-refractivity contribution >= 4 is 11.6 Å². The van der Waals surface area contributed by atoms with Crippen LogP contribution in [0, 0.1) is 0 Å². The molecule has 4 heteroatoms. The second-order valence-electron chi connectivity index (χ2n) is 3.78. The van der Waals surface area contributed by atoms with Crippen LogP contribution in [-0.2, 0) is 19.7 Å². The molecule has 0 aliphatic carbocycles. The largest absolute Gasteiger partial charge is 0.448 e. The lowest BCUT2D eigenvalue weighted by molar-refractivity contribution is 0.282. The van der Waals surface area contributed by atoms with Crippen molar-refractivity contribution in [3.63, 3.8) is 0 Å². The van der Waals surface area contributed by atoms with Gasteiger partial charge in [0, 0.05) is 6.54 Å². The van der Waals surface area contributed by atoms with Crippen LogP contribution in [0.5, 0.6) is 0 Å². The Balaban J connectivity index is 1.81. The number of nitrogens with one attached hydrogen (secondary N) is 1. The lowest BCUT2D eigenvalue weighted by atomic mass is 10.1. The van der Waals surface area contributed by atoms with Gasteiger partial charge < -0.3 is 14.8 Å². The van der Waals surface area contributed by atoms with Gasteiger partial charge in [0.2, 0.25) is 0 Å². The Hall–Kier alpha value is -1.29. The molecule has 0 spiro atoms. The summed E-state index contributed by atoms with van der Waals surface area (Å²) in [6.07, 6.45) is 0. The third kappa shape index (κ3) is 3.60. The lowest BCUT2D eigenvalue weighted by Gasteiger charge is -2.04. The molecule has 3 nitrogen and oxygen atoms in total. The highest BCUT2D eigenvalue weighted by molar-refractivity contribution is 6.28. The maximum absolute atomic E-state index is 8.92. The van der Waals surface area contributed by atoms with Gasteiger partial charge in [0.05, 0.1) is 13.2 Å². The Morgan fingerprint density at radius 1 is 1.00 bits per heavy atom. The maximum atomic E-state index is 8.92. The summed E-state index contributed by atoms with van der Waals surface area (Å²) in [6.45, 7) is 1.48. The molecule has 0 aliphatic rings. The van der Waals surface area contributed by atoms with E-state index < -0.39 is 0 Å². The van der Waals surface area contributed by atoms with Crippen molar-refractivity contribution in [1.29, 1.82) is 0 Å². The van der Waals surface area contributed by atoms with E-state index in [4.69, 9.17) is 21.1 Å². The average Bonchev–Trinajstić information content (AvgIpc) is 2.76. The number of benzene rings is 1. The fraction of sp³-hybridized carbons (Fsp3) is 0.231. The van der Waals surface area contributed by atoms with Crippen molar-refractivity contribution in [2.24, 2.45) is 0 Å². The SMILES string of the molecule is OCc1ccc(CNCc2ccc(Cl)o2)cc1. The van der Waals surface area contributed by atoms with E-state index in [1.54, 1.807) is 6.07 Å². The molecule has 0 fully saturated rings. The van der Waals surface area contributed by atoms with E-state index >= 15 is 0 Å². The molecule has 0 amide bonds. The Bertz CT molecular complexity index is 465. The fourth-order valence-electron chi connectivity index (χ4n) is 1.54. The highest BCUT2D eigenvalue weighted by atomic mass is 35.5. The van der Waals surface area contributed by atoms with Crippen LogP contribution >= 0.6 is 11.6 Å². The van der Waals surface area contributed by atoms with E-state index in [0.717, 1.165) is 17.9 Å². The summed E-state index contributed by atoms with van der Waals surface area (Å²) in [6, 6.07) is 11.4. The normalized spacial score (nSPS) is 10.7. The zero-order valence-corrected chi connectivity index (χ0v) is 10.1. The van der Waals surface area contributed by atoms with Gasteiger partial charge in [-0.3, -0.25) is 0 Å². The zero-order chi connectivity index (χ0) is 12.1. The van der Waals surface area contributed by atoms with Crippen molar-refractivity contribution < 1.29 is 9.52 Å². The minimum absolute atomic E-state index is 0.0819. The molecule has 0 unspecified atom stereocenters. The fourth-order valence-corrected chi connectivity index (χ4v) is 1.70. The molecule has 90 valence electrons. The van der Waals surface area contributed by atoms with E-state index in [9.17, 15) is 0 Å². The second kappa shape index (κ2) is 5.87. The molecule has 0 radical (unpaired) electrons. The molecule has 0 atom stereocenters. The standard InChI is InChI=1S/C13H14ClNO2/c14-13-6-5-12(17-13)8-15-7-10-1-3-11(9-16)4-2-10/h1-6,15-16H,7-9H2. The minimum Gasteiger partial charge on any atom is -0.448 e. The van der Waals surface area contributed by atoms with Gasteiger partial charge in [-0.25, -0.2) is 0 Å². The molecule has 0 bridgehead atoms. The van der Waals surface area contributed by atoms with Gasteiger partial charge in [-0.15, -0.1) is 0 Å². The summed E-state index contributed by atoms with van der Waals surface area (Å²) in [7, 11) is 0.